The van der Waals surface area contributed by atoms with Crippen LogP contribution in [0.1, 0.15) is 22.5 Å². The second kappa shape index (κ2) is 8.89. The summed E-state index contributed by atoms with van der Waals surface area (Å²) in [5.41, 5.74) is 1.09. The van der Waals surface area contributed by atoms with Gasteiger partial charge in [0, 0.05) is 16.9 Å². The Balaban J connectivity index is 1.78. The molecule has 2 aromatic rings. The fourth-order valence-corrected chi connectivity index (χ4v) is 3.10. The first-order valence-corrected chi connectivity index (χ1v) is 8.97. The third-order valence-corrected chi connectivity index (χ3v) is 4.70. The summed E-state index contributed by atoms with van der Waals surface area (Å²) >= 11 is 7.66. The summed E-state index contributed by atoms with van der Waals surface area (Å²) in [6, 6.07) is 7.39. The normalized spacial score (nSPS) is 12.8. The molecule has 0 spiro atoms. The molecule has 1 atom stereocenters. The fraction of sp³-hybridized carbons (Fsp3) is 0.412. The summed E-state index contributed by atoms with van der Waals surface area (Å²) < 4.78 is 5.83. The van der Waals surface area contributed by atoms with Gasteiger partial charge in [-0.05, 0) is 39.0 Å². The molecule has 24 heavy (non-hydrogen) atoms. The first-order valence-electron chi connectivity index (χ1n) is 7.77. The van der Waals surface area contributed by atoms with Crippen molar-refractivity contribution in [2.75, 3.05) is 13.6 Å². The van der Waals surface area contributed by atoms with Gasteiger partial charge in [0.25, 0.3) is 0 Å². The molecule has 130 valence electrons. The summed E-state index contributed by atoms with van der Waals surface area (Å²) in [5.74, 6) is 1.48. The number of aliphatic imine (C=N–C) groups is 1. The second-order valence-corrected chi connectivity index (χ2v) is 7.17. The molecule has 0 saturated heterocycles. The predicted molar refractivity (Wildman–Crippen MR) is 101 cm³/mol. The maximum atomic E-state index is 5.96. The maximum absolute atomic E-state index is 5.96. The summed E-state index contributed by atoms with van der Waals surface area (Å²) in [7, 11) is 1.75. The number of hydrogen-bond donors (Lipinski definition) is 2. The quantitative estimate of drug-likeness (QED) is 0.606. The number of aryl methyl sites for hydroxylation is 2. The summed E-state index contributed by atoms with van der Waals surface area (Å²) in [5, 5.41) is 8.24. The van der Waals surface area contributed by atoms with Crippen LogP contribution >= 0.6 is 22.9 Å². The number of aromatic nitrogens is 1. The number of guanidine groups is 1. The number of nitrogens with zero attached hydrogens (tertiary/aromatic N) is 2. The number of ether oxygens (including phenoxy) is 1. The van der Waals surface area contributed by atoms with Gasteiger partial charge in [0.1, 0.15) is 16.9 Å². The molecule has 0 aliphatic rings. The van der Waals surface area contributed by atoms with E-state index in [1.165, 1.54) is 4.88 Å². The zero-order chi connectivity index (χ0) is 17.5. The molecule has 1 aromatic carbocycles. The third-order valence-electron chi connectivity index (χ3n) is 3.39. The smallest absolute Gasteiger partial charge is 0.191 e. The van der Waals surface area contributed by atoms with Gasteiger partial charge < -0.3 is 15.4 Å². The average Bonchev–Trinajstić information content (AvgIpc) is 2.86. The Morgan fingerprint density at radius 2 is 2.17 bits per heavy atom. The molecule has 0 amide bonds. The molecule has 1 aromatic heterocycles. The van der Waals surface area contributed by atoms with Crippen LogP contribution in [0.2, 0.25) is 5.02 Å². The van der Waals surface area contributed by atoms with Crippen molar-refractivity contribution in [2.24, 2.45) is 4.99 Å². The lowest BCUT2D eigenvalue weighted by Gasteiger charge is -2.17. The van der Waals surface area contributed by atoms with Crippen molar-refractivity contribution < 1.29 is 4.74 Å². The number of benzene rings is 1. The highest BCUT2D eigenvalue weighted by Gasteiger charge is 2.08. The lowest BCUT2D eigenvalue weighted by Crippen LogP contribution is -2.41. The molecule has 5 nitrogen and oxygen atoms in total. The first kappa shape index (κ1) is 18.5. The van der Waals surface area contributed by atoms with Crippen molar-refractivity contribution in [3.8, 4) is 5.75 Å². The number of nitrogens with one attached hydrogen (secondary N) is 2. The van der Waals surface area contributed by atoms with Gasteiger partial charge >= 0.3 is 0 Å². The Morgan fingerprint density at radius 3 is 2.79 bits per heavy atom. The molecular weight excluding hydrogens is 344 g/mol. The van der Waals surface area contributed by atoms with Crippen molar-refractivity contribution in [1.29, 1.82) is 0 Å². The largest absolute Gasteiger partial charge is 0.489 e. The molecule has 0 saturated carbocycles. The SMILES string of the molecule is CN=C(NCc1nc(C)c(C)s1)NCC(C)Oc1cccc(Cl)c1. The van der Waals surface area contributed by atoms with Crippen molar-refractivity contribution in [3.05, 3.63) is 44.9 Å². The molecule has 7 heteroatoms. The van der Waals surface area contributed by atoms with Gasteiger partial charge in [-0.1, -0.05) is 17.7 Å². The molecule has 0 fully saturated rings. The van der Waals surface area contributed by atoms with Crippen LogP contribution in [0, 0.1) is 13.8 Å². The predicted octanol–water partition coefficient (Wildman–Crippen LogP) is 3.55. The highest BCUT2D eigenvalue weighted by atomic mass is 35.5. The topological polar surface area (TPSA) is 58.5 Å². The summed E-state index contributed by atoms with van der Waals surface area (Å²) in [4.78, 5) is 9.98. The van der Waals surface area contributed by atoms with E-state index in [4.69, 9.17) is 16.3 Å². The van der Waals surface area contributed by atoms with E-state index < -0.39 is 0 Å². The van der Waals surface area contributed by atoms with Gasteiger partial charge in [-0.15, -0.1) is 11.3 Å². The van der Waals surface area contributed by atoms with Crippen molar-refractivity contribution >= 4 is 28.9 Å². The Hall–Kier alpha value is -1.79. The monoisotopic (exact) mass is 366 g/mol. The van der Waals surface area contributed by atoms with Crippen LogP contribution in [0.5, 0.6) is 5.75 Å². The average molecular weight is 367 g/mol. The molecule has 0 aliphatic carbocycles. The van der Waals surface area contributed by atoms with E-state index in [1.54, 1.807) is 24.5 Å². The van der Waals surface area contributed by atoms with Crippen LogP contribution in [0.4, 0.5) is 0 Å². The van der Waals surface area contributed by atoms with Gasteiger partial charge in [0.05, 0.1) is 18.8 Å². The molecule has 0 radical (unpaired) electrons. The number of thiazole rings is 1. The molecule has 2 N–H and O–H groups in total. The number of halogens is 1. The number of hydrogen-bond acceptors (Lipinski definition) is 4. The van der Waals surface area contributed by atoms with E-state index in [0.717, 1.165) is 22.4 Å². The van der Waals surface area contributed by atoms with E-state index in [0.29, 0.717) is 18.1 Å². The van der Waals surface area contributed by atoms with Crippen LogP contribution in [0.3, 0.4) is 0 Å². The van der Waals surface area contributed by atoms with E-state index in [2.05, 4.69) is 27.5 Å². The minimum absolute atomic E-state index is 0.0219. The van der Waals surface area contributed by atoms with Gasteiger partial charge in [-0.25, -0.2) is 4.98 Å². The Morgan fingerprint density at radius 1 is 1.38 bits per heavy atom. The van der Waals surface area contributed by atoms with Crippen LogP contribution in [0.15, 0.2) is 29.3 Å². The Bertz CT molecular complexity index is 682. The second-order valence-electron chi connectivity index (χ2n) is 5.44. The fourth-order valence-electron chi connectivity index (χ4n) is 2.05. The standard InChI is InChI=1S/C17H23ClN4OS/c1-11(23-15-7-5-6-14(18)8-15)9-20-17(19-4)21-10-16-22-12(2)13(3)24-16/h5-8,11H,9-10H2,1-4H3,(H2,19,20,21). The van der Waals surface area contributed by atoms with Crippen molar-refractivity contribution in [1.82, 2.24) is 15.6 Å². The van der Waals surface area contributed by atoms with Crippen molar-refractivity contribution in [2.45, 2.75) is 33.4 Å². The minimum atomic E-state index is -0.0219. The highest BCUT2D eigenvalue weighted by molar-refractivity contribution is 7.11. The zero-order valence-electron chi connectivity index (χ0n) is 14.4. The van der Waals surface area contributed by atoms with E-state index >= 15 is 0 Å². The lowest BCUT2D eigenvalue weighted by molar-refractivity contribution is 0.224. The van der Waals surface area contributed by atoms with Gasteiger partial charge in [-0.3, -0.25) is 4.99 Å². The molecule has 1 heterocycles. The molecule has 0 aliphatic heterocycles. The third kappa shape index (κ3) is 5.69. The molecule has 1 unspecified atom stereocenters. The summed E-state index contributed by atoms with van der Waals surface area (Å²) in [6.07, 6.45) is -0.0219. The summed E-state index contributed by atoms with van der Waals surface area (Å²) in [6.45, 7) is 7.38. The van der Waals surface area contributed by atoms with Crippen LogP contribution in [-0.2, 0) is 6.54 Å². The molecular formula is C17H23ClN4OS. The molecule has 2 rings (SSSR count). The van der Waals surface area contributed by atoms with Gasteiger partial charge in [0.15, 0.2) is 5.96 Å². The van der Waals surface area contributed by atoms with Crippen LogP contribution in [-0.4, -0.2) is 30.6 Å². The number of rotatable bonds is 6. The van der Waals surface area contributed by atoms with E-state index in [9.17, 15) is 0 Å². The highest BCUT2D eigenvalue weighted by Crippen LogP contribution is 2.18. The minimum Gasteiger partial charge on any atom is -0.489 e. The van der Waals surface area contributed by atoms with E-state index in [-0.39, 0.29) is 6.10 Å². The lowest BCUT2D eigenvalue weighted by atomic mass is 10.3. The molecule has 0 bridgehead atoms. The zero-order valence-corrected chi connectivity index (χ0v) is 16.0. The van der Waals surface area contributed by atoms with Crippen LogP contribution in [0.25, 0.3) is 0 Å². The first-order chi connectivity index (χ1) is 11.5. The van der Waals surface area contributed by atoms with Crippen LogP contribution < -0.4 is 15.4 Å². The Kier molecular flexibility index (Phi) is 6.87. The van der Waals surface area contributed by atoms with Crippen molar-refractivity contribution in [3.63, 3.8) is 0 Å². The van der Waals surface area contributed by atoms with E-state index in [1.807, 2.05) is 32.0 Å². The van der Waals surface area contributed by atoms with Gasteiger partial charge in [0.2, 0.25) is 0 Å². The van der Waals surface area contributed by atoms with Gasteiger partial charge in [-0.2, -0.15) is 0 Å². The maximum Gasteiger partial charge on any atom is 0.191 e. The Labute approximate surface area is 152 Å².